The molecule has 2 aromatic rings. The van der Waals surface area contributed by atoms with E-state index in [1.54, 1.807) is 32.8 Å². The highest BCUT2D eigenvalue weighted by molar-refractivity contribution is 5.54. The third-order valence-electron chi connectivity index (χ3n) is 3.25. The zero-order valence-electron chi connectivity index (χ0n) is 12.4. The third kappa shape index (κ3) is 3.22. The Kier molecular flexibility index (Phi) is 4.57. The predicted octanol–water partition coefficient (Wildman–Crippen LogP) is 1.61. The summed E-state index contributed by atoms with van der Waals surface area (Å²) in [6.07, 6.45) is 4.52. The Morgan fingerprint density at radius 2 is 2.00 bits per heavy atom. The molecule has 1 saturated heterocycles. The first-order chi connectivity index (χ1) is 10.8. The van der Waals surface area contributed by atoms with E-state index in [9.17, 15) is 0 Å². The summed E-state index contributed by atoms with van der Waals surface area (Å²) in [7, 11) is 3.17. The molecule has 22 heavy (non-hydrogen) atoms. The molecule has 0 atom stereocenters. The highest BCUT2D eigenvalue weighted by Gasteiger charge is 2.21. The maximum absolute atomic E-state index is 5.66. The Bertz CT molecular complexity index is 630. The fourth-order valence-corrected chi connectivity index (χ4v) is 2.08. The number of hydrogen-bond donors (Lipinski definition) is 0. The Labute approximate surface area is 128 Å². The minimum Gasteiger partial charge on any atom is -0.468 e. The SMILES string of the molecule is COC(OC)c1ccnc(-c2cncc(OC3COC3)n2)c1. The zero-order valence-corrected chi connectivity index (χ0v) is 12.4. The molecule has 0 saturated carbocycles. The summed E-state index contributed by atoms with van der Waals surface area (Å²) in [5, 5.41) is 0. The molecular weight excluding hydrogens is 286 g/mol. The second kappa shape index (κ2) is 6.78. The number of hydrogen-bond acceptors (Lipinski definition) is 7. The summed E-state index contributed by atoms with van der Waals surface area (Å²) in [5.74, 6) is 0.466. The molecule has 0 unspecified atom stereocenters. The van der Waals surface area contributed by atoms with Crippen LogP contribution in [0.5, 0.6) is 5.88 Å². The van der Waals surface area contributed by atoms with Gasteiger partial charge < -0.3 is 18.9 Å². The molecule has 3 rings (SSSR count). The molecular formula is C15H17N3O4. The number of pyridine rings is 1. The van der Waals surface area contributed by atoms with Crippen molar-refractivity contribution in [2.75, 3.05) is 27.4 Å². The maximum Gasteiger partial charge on any atom is 0.233 e. The molecule has 1 aliphatic heterocycles. The topological polar surface area (TPSA) is 75.6 Å². The molecule has 7 heteroatoms. The van der Waals surface area contributed by atoms with E-state index < -0.39 is 6.29 Å². The van der Waals surface area contributed by atoms with Crippen molar-refractivity contribution in [3.8, 4) is 17.3 Å². The number of ether oxygens (including phenoxy) is 4. The summed E-state index contributed by atoms with van der Waals surface area (Å²) in [6, 6.07) is 3.69. The Morgan fingerprint density at radius 1 is 1.18 bits per heavy atom. The van der Waals surface area contributed by atoms with E-state index in [0.29, 0.717) is 30.5 Å². The first kappa shape index (κ1) is 14.8. The van der Waals surface area contributed by atoms with Gasteiger partial charge in [-0.15, -0.1) is 0 Å². The molecule has 116 valence electrons. The van der Waals surface area contributed by atoms with Gasteiger partial charge in [0.25, 0.3) is 0 Å². The van der Waals surface area contributed by atoms with E-state index in [0.717, 1.165) is 5.56 Å². The van der Waals surface area contributed by atoms with Crippen LogP contribution in [0, 0.1) is 0 Å². The van der Waals surface area contributed by atoms with Crippen molar-refractivity contribution in [1.82, 2.24) is 15.0 Å². The molecule has 3 heterocycles. The summed E-state index contributed by atoms with van der Waals surface area (Å²) in [4.78, 5) is 12.9. The van der Waals surface area contributed by atoms with Crippen molar-refractivity contribution in [1.29, 1.82) is 0 Å². The average Bonchev–Trinajstić information content (AvgIpc) is 2.53. The zero-order chi connectivity index (χ0) is 15.4. The third-order valence-corrected chi connectivity index (χ3v) is 3.25. The molecule has 0 amide bonds. The smallest absolute Gasteiger partial charge is 0.233 e. The molecule has 0 aromatic carbocycles. The number of rotatable bonds is 6. The van der Waals surface area contributed by atoms with Gasteiger partial charge in [0, 0.05) is 26.0 Å². The second-order valence-corrected chi connectivity index (χ2v) is 4.80. The van der Waals surface area contributed by atoms with E-state index in [1.807, 2.05) is 12.1 Å². The largest absolute Gasteiger partial charge is 0.468 e. The molecule has 1 aliphatic rings. The fourth-order valence-electron chi connectivity index (χ4n) is 2.08. The van der Waals surface area contributed by atoms with Crippen LogP contribution in [0.15, 0.2) is 30.7 Å². The molecule has 0 bridgehead atoms. The van der Waals surface area contributed by atoms with Gasteiger partial charge in [0.1, 0.15) is 11.8 Å². The number of methoxy groups -OCH3 is 2. The van der Waals surface area contributed by atoms with Crippen molar-refractivity contribution in [2.24, 2.45) is 0 Å². The molecule has 7 nitrogen and oxygen atoms in total. The van der Waals surface area contributed by atoms with E-state index in [4.69, 9.17) is 18.9 Å². The highest BCUT2D eigenvalue weighted by Crippen LogP contribution is 2.23. The van der Waals surface area contributed by atoms with Gasteiger partial charge in [0.15, 0.2) is 6.29 Å². The van der Waals surface area contributed by atoms with Crippen LogP contribution in [-0.4, -0.2) is 48.5 Å². The Morgan fingerprint density at radius 3 is 2.68 bits per heavy atom. The van der Waals surface area contributed by atoms with Crippen LogP contribution >= 0.6 is 0 Å². The lowest BCUT2D eigenvalue weighted by Gasteiger charge is -2.25. The van der Waals surface area contributed by atoms with Gasteiger partial charge in [-0.1, -0.05) is 0 Å². The maximum atomic E-state index is 5.66. The van der Waals surface area contributed by atoms with Gasteiger partial charge in [-0.2, -0.15) is 0 Å². The van der Waals surface area contributed by atoms with Crippen LogP contribution in [0.1, 0.15) is 11.9 Å². The van der Waals surface area contributed by atoms with E-state index in [-0.39, 0.29) is 6.10 Å². The van der Waals surface area contributed by atoms with Crippen LogP contribution in [0.4, 0.5) is 0 Å². The number of nitrogens with zero attached hydrogens (tertiary/aromatic N) is 3. The van der Waals surface area contributed by atoms with Gasteiger partial charge in [0.05, 0.1) is 31.3 Å². The molecule has 0 aliphatic carbocycles. The van der Waals surface area contributed by atoms with Crippen molar-refractivity contribution >= 4 is 0 Å². The normalized spacial score (nSPS) is 14.9. The van der Waals surface area contributed by atoms with E-state index >= 15 is 0 Å². The molecule has 1 fully saturated rings. The lowest BCUT2D eigenvalue weighted by molar-refractivity contribution is -0.106. The number of aromatic nitrogens is 3. The van der Waals surface area contributed by atoms with Gasteiger partial charge in [-0.3, -0.25) is 9.97 Å². The lowest BCUT2D eigenvalue weighted by atomic mass is 10.2. The summed E-state index contributed by atoms with van der Waals surface area (Å²) >= 11 is 0. The van der Waals surface area contributed by atoms with Gasteiger partial charge in [0.2, 0.25) is 5.88 Å². The van der Waals surface area contributed by atoms with E-state index in [2.05, 4.69) is 15.0 Å². The average molecular weight is 303 g/mol. The van der Waals surface area contributed by atoms with E-state index in [1.165, 1.54) is 0 Å². The molecule has 0 spiro atoms. The molecule has 0 radical (unpaired) electrons. The van der Waals surface area contributed by atoms with Crippen LogP contribution < -0.4 is 4.74 Å². The fraction of sp³-hybridized carbons (Fsp3) is 0.400. The van der Waals surface area contributed by atoms with Crippen LogP contribution in [0.3, 0.4) is 0 Å². The summed E-state index contributed by atoms with van der Waals surface area (Å²) in [6.45, 7) is 1.17. The van der Waals surface area contributed by atoms with Gasteiger partial charge in [-0.25, -0.2) is 4.98 Å². The molecule has 2 aromatic heterocycles. The Balaban J connectivity index is 1.83. The first-order valence-corrected chi connectivity index (χ1v) is 6.88. The minimum absolute atomic E-state index is 0.0511. The van der Waals surface area contributed by atoms with Crippen molar-refractivity contribution in [3.63, 3.8) is 0 Å². The monoisotopic (exact) mass is 303 g/mol. The Hall–Kier alpha value is -2.09. The quantitative estimate of drug-likeness (QED) is 0.750. The van der Waals surface area contributed by atoms with Crippen molar-refractivity contribution in [3.05, 3.63) is 36.3 Å². The van der Waals surface area contributed by atoms with Crippen molar-refractivity contribution in [2.45, 2.75) is 12.4 Å². The second-order valence-electron chi connectivity index (χ2n) is 4.80. The van der Waals surface area contributed by atoms with Gasteiger partial charge in [-0.05, 0) is 12.1 Å². The highest BCUT2D eigenvalue weighted by atomic mass is 16.7. The predicted molar refractivity (Wildman–Crippen MR) is 77.3 cm³/mol. The van der Waals surface area contributed by atoms with Crippen LogP contribution in [-0.2, 0) is 14.2 Å². The summed E-state index contributed by atoms with van der Waals surface area (Å²) < 4.78 is 21.2. The minimum atomic E-state index is -0.443. The van der Waals surface area contributed by atoms with Crippen LogP contribution in [0.25, 0.3) is 11.4 Å². The molecule has 0 N–H and O–H groups in total. The standard InChI is InChI=1S/C15H17N3O4/c1-19-15(20-2)10-3-4-17-12(5-10)13-6-16-7-14(18-13)22-11-8-21-9-11/h3-7,11,15H,8-9H2,1-2H3. The van der Waals surface area contributed by atoms with Gasteiger partial charge >= 0.3 is 0 Å². The summed E-state index contributed by atoms with van der Waals surface area (Å²) in [5.41, 5.74) is 2.17. The van der Waals surface area contributed by atoms with Crippen LogP contribution in [0.2, 0.25) is 0 Å². The lowest BCUT2D eigenvalue weighted by Crippen LogP contribution is -2.38. The van der Waals surface area contributed by atoms with Crippen molar-refractivity contribution < 1.29 is 18.9 Å². The first-order valence-electron chi connectivity index (χ1n) is 6.88.